The molecule has 0 saturated heterocycles. The molecule has 2 heteroatoms. The molecule has 0 saturated carbocycles. The van der Waals surface area contributed by atoms with Crippen LogP contribution >= 0.6 is 0 Å². The fourth-order valence-corrected chi connectivity index (χ4v) is 1.10. The molecule has 0 aliphatic rings. The normalized spacial score (nSPS) is 20.1. The van der Waals surface area contributed by atoms with Gasteiger partial charge in [0.05, 0.1) is 12.2 Å². The lowest BCUT2D eigenvalue weighted by Gasteiger charge is -2.20. The molecule has 2 nitrogen and oxygen atoms in total. The van der Waals surface area contributed by atoms with E-state index in [0.29, 0.717) is 0 Å². The van der Waals surface area contributed by atoms with Crippen molar-refractivity contribution in [1.82, 2.24) is 0 Å². The minimum atomic E-state index is -0.596. The molecule has 0 spiro atoms. The summed E-state index contributed by atoms with van der Waals surface area (Å²) in [5, 5.41) is 18.2. The van der Waals surface area contributed by atoms with E-state index in [-0.39, 0.29) is 5.92 Å². The molecule has 0 bridgehead atoms. The Morgan fingerprint density at radius 1 is 1.20 bits per heavy atom. The van der Waals surface area contributed by atoms with Gasteiger partial charge in [-0.15, -0.1) is 0 Å². The first-order valence-corrected chi connectivity index (χ1v) is 3.95. The van der Waals surface area contributed by atoms with E-state index in [1.807, 2.05) is 6.92 Å². The molecule has 0 aliphatic heterocycles. The molecule has 0 aromatic heterocycles. The molecule has 0 aromatic carbocycles. The number of aliphatic hydroxyl groups excluding tert-OH is 2. The molecular weight excluding hydrogens is 128 g/mol. The van der Waals surface area contributed by atoms with Gasteiger partial charge in [-0.25, -0.2) is 0 Å². The fourth-order valence-electron chi connectivity index (χ4n) is 1.10. The number of aliphatic hydroxyl groups is 2. The zero-order valence-corrected chi connectivity index (χ0v) is 7.04. The lowest BCUT2D eigenvalue weighted by molar-refractivity contribution is -0.00448. The highest BCUT2D eigenvalue weighted by Gasteiger charge is 2.17. The summed E-state index contributed by atoms with van der Waals surface area (Å²) in [6.45, 7) is 5.66. The maximum atomic E-state index is 9.28. The van der Waals surface area contributed by atoms with Crippen LogP contribution in [0.1, 0.15) is 33.6 Å². The van der Waals surface area contributed by atoms with E-state index >= 15 is 0 Å². The molecule has 62 valence electrons. The SMILES string of the molecule is CCCC(C)C(O)C(C)O. The first-order valence-electron chi connectivity index (χ1n) is 3.95. The van der Waals surface area contributed by atoms with E-state index in [1.165, 1.54) is 0 Å². The van der Waals surface area contributed by atoms with Gasteiger partial charge in [-0.1, -0.05) is 20.3 Å². The smallest absolute Gasteiger partial charge is 0.0821 e. The van der Waals surface area contributed by atoms with Gasteiger partial charge < -0.3 is 10.2 Å². The van der Waals surface area contributed by atoms with Crippen LogP contribution in [0.15, 0.2) is 0 Å². The Hall–Kier alpha value is -0.0800. The third-order valence-electron chi connectivity index (χ3n) is 1.82. The highest BCUT2D eigenvalue weighted by molar-refractivity contribution is 4.68. The summed E-state index contributed by atoms with van der Waals surface area (Å²) < 4.78 is 0. The molecular formula is C8H18O2. The topological polar surface area (TPSA) is 40.5 Å². The molecule has 0 radical (unpaired) electrons. The summed E-state index contributed by atoms with van der Waals surface area (Å²) in [5.41, 5.74) is 0. The van der Waals surface area contributed by atoms with Crippen LogP contribution in [0.25, 0.3) is 0 Å². The molecule has 2 N–H and O–H groups in total. The van der Waals surface area contributed by atoms with Crippen molar-refractivity contribution in [2.24, 2.45) is 5.92 Å². The quantitative estimate of drug-likeness (QED) is 0.625. The molecule has 0 heterocycles. The van der Waals surface area contributed by atoms with Crippen LogP contribution in [0, 0.1) is 5.92 Å². The zero-order valence-electron chi connectivity index (χ0n) is 7.04. The highest BCUT2D eigenvalue weighted by atomic mass is 16.3. The average molecular weight is 146 g/mol. The highest BCUT2D eigenvalue weighted by Crippen LogP contribution is 2.12. The summed E-state index contributed by atoms with van der Waals surface area (Å²) in [6, 6.07) is 0. The van der Waals surface area contributed by atoms with Gasteiger partial charge in [0.15, 0.2) is 0 Å². The Bertz CT molecular complexity index is 81.3. The summed E-state index contributed by atoms with van der Waals surface area (Å²) >= 11 is 0. The lowest BCUT2D eigenvalue weighted by Crippen LogP contribution is -2.29. The predicted octanol–water partition coefficient (Wildman–Crippen LogP) is 1.16. The van der Waals surface area contributed by atoms with Crippen molar-refractivity contribution in [2.75, 3.05) is 0 Å². The van der Waals surface area contributed by atoms with E-state index in [2.05, 4.69) is 6.92 Å². The van der Waals surface area contributed by atoms with Gasteiger partial charge in [-0.3, -0.25) is 0 Å². The molecule has 10 heavy (non-hydrogen) atoms. The molecule has 0 aliphatic carbocycles. The number of rotatable bonds is 4. The summed E-state index contributed by atoms with van der Waals surface area (Å²) in [6.07, 6.45) is 0.887. The van der Waals surface area contributed by atoms with Gasteiger partial charge in [0.25, 0.3) is 0 Å². The Morgan fingerprint density at radius 2 is 1.70 bits per heavy atom. The standard InChI is InChI=1S/C8H18O2/c1-4-5-6(2)8(10)7(3)9/h6-10H,4-5H2,1-3H3. The number of hydrogen-bond donors (Lipinski definition) is 2. The van der Waals surface area contributed by atoms with E-state index in [4.69, 9.17) is 5.11 Å². The minimum absolute atomic E-state index is 0.213. The second-order valence-electron chi connectivity index (χ2n) is 3.00. The van der Waals surface area contributed by atoms with Crippen LogP contribution in [0.4, 0.5) is 0 Å². The van der Waals surface area contributed by atoms with Crippen LogP contribution in [0.2, 0.25) is 0 Å². The van der Waals surface area contributed by atoms with E-state index < -0.39 is 12.2 Å². The van der Waals surface area contributed by atoms with Crippen LogP contribution in [0.5, 0.6) is 0 Å². The summed E-state index contributed by atoms with van der Waals surface area (Å²) in [5.74, 6) is 0.213. The van der Waals surface area contributed by atoms with Gasteiger partial charge in [0, 0.05) is 0 Å². The molecule has 0 aromatic rings. The molecule has 0 rings (SSSR count). The van der Waals surface area contributed by atoms with Crippen molar-refractivity contribution in [3.05, 3.63) is 0 Å². The third-order valence-corrected chi connectivity index (χ3v) is 1.82. The van der Waals surface area contributed by atoms with Crippen molar-refractivity contribution in [2.45, 2.75) is 45.8 Å². The maximum Gasteiger partial charge on any atom is 0.0821 e. The van der Waals surface area contributed by atoms with Gasteiger partial charge in [0.1, 0.15) is 0 Å². The lowest BCUT2D eigenvalue weighted by atomic mass is 9.96. The summed E-state index contributed by atoms with van der Waals surface area (Å²) in [7, 11) is 0. The van der Waals surface area contributed by atoms with E-state index in [9.17, 15) is 5.11 Å². The van der Waals surface area contributed by atoms with Gasteiger partial charge in [-0.2, -0.15) is 0 Å². The Balaban J connectivity index is 3.58. The van der Waals surface area contributed by atoms with Crippen LogP contribution in [-0.4, -0.2) is 22.4 Å². The van der Waals surface area contributed by atoms with Crippen molar-refractivity contribution >= 4 is 0 Å². The van der Waals surface area contributed by atoms with Gasteiger partial charge in [-0.05, 0) is 19.3 Å². The first-order chi connectivity index (χ1) is 4.59. The van der Waals surface area contributed by atoms with Crippen LogP contribution in [-0.2, 0) is 0 Å². The molecule has 3 unspecified atom stereocenters. The van der Waals surface area contributed by atoms with E-state index in [0.717, 1.165) is 12.8 Å². The molecule has 3 atom stereocenters. The molecule has 0 fully saturated rings. The second kappa shape index (κ2) is 4.69. The maximum absolute atomic E-state index is 9.28. The number of hydrogen-bond acceptors (Lipinski definition) is 2. The minimum Gasteiger partial charge on any atom is -0.391 e. The Morgan fingerprint density at radius 3 is 2.00 bits per heavy atom. The largest absolute Gasteiger partial charge is 0.391 e. The Kier molecular flexibility index (Phi) is 4.65. The Labute approximate surface area is 62.9 Å². The zero-order chi connectivity index (χ0) is 8.15. The predicted molar refractivity (Wildman–Crippen MR) is 41.8 cm³/mol. The van der Waals surface area contributed by atoms with Crippen molar-refractivity contribution in [3.63, 3.8) is 0 Å². The van der Waals surface area contributed by atoms with Crippen LogP contribution < -0.4 is 0 Å². The molecule has 0 amide bonds. The monoisotopic (exact) mass is 146 g/mol. The van der Waals surface area contributed by atoms with Crippen LogP contribution in [0.3, 0.4) is 0 Å². The van der Waals surface area contributed by atoms with Gasteiger partial charge >= 0.3 is 0 Å². The summed E-state index contributed by atoms with van der Waals surface area (Å²) in [4.78, 5) is 0. The average Bonchev–Trinajstić information content (AvgIpc) is 1.87. The second-order valence-corrected chi connectivity index (χ2v) is 3.00. The van der Waals surface area contributed by atoms with Crippen molar-refractivity contribution < 1.29 is 10.2 Å². The van der Waals surface area contributed by atoms with E-state index in [1.54, 1.807) is 6.92 Å². The van der Waals surface area contributed by atoms with Crippen molar-refractivity contribution in [3.8, 4) is 0 Å². The third kappa shape index (κ3) is 3.18. The first kappa shape index (κ1) is 9.92. The van der Waals surface area contributed by atoms with Crippen molar-refractivity contribution in [1.29, 1.82) is 0 Å². The fraction of sp³-hybridized carbons (Fsp3) is 1.00. The van der Waals surface area contributed by atoms with Gasteiger partial charge in [0.2, 0.25) is 0 Å².